The summed E-state index contributed by atoms with van der Waals surface area (Å²) in [5.74, 6) is 0.179. The van der Waals surface area contributed by atoms with Crippen LogP contribution in [-0.4, -0.2) is 35.4 Å². The number of hydrogen-bond acceptors (Lipinski definition) is 5. The Bertz CT molecular complexity index is 1020. The average Bonchev–Trinajstić information content (AvgIpc) is 2.74. The van der Waals surface area contributed by atoms with Gasteiger partial charge in [-0.05, 0) is 62.8 Å². The smallest absolute Gasteiger partial charge is 0.343 e. The van der Waals surface area contributed by atoms with Crippen LogP contribution in [-0.2, 0) is 4.79 Å². The van der Waals surface area contributed by atoms with Crippen LogP contribution in [0.3, 0.4) is 0 Å². The number of ketones is 1. The highest BCUT2D eigenvalue weighted by Crippen LogP contribution is 2.36. The molecule has 1 heterocycles. The average molecular weight is 425 g/mol. The van der Waals surface area contributed by atoms with E-state index in [9.17, 15) is 9.59 Å². The van der Waals surface area contributed by atoms with E-state index in [2.05, 4.69) is 5.32 Å². The van der Waals surface area contributed by atoms with Crippen molar-refractivity contribution in [2.75, 3.05) is 13.7 Å². The molecule has 0 aliphatic carbocycles. The second-order valence-electron chi connectivity index (χ2n) is 6.85. The van der Waals surface area contributed by atoms with E-state index in [0.717, 1.165) is 11.3 Å². The molecule has 1 aliphatic rings. The minimum absolute atomic E-state index is 0.0375. The van der Waals surface area contributed by atoms with Crippen LogP contribution in [0.4, 0.5) is 0 Å². The van der Waals surface area contributed by atoms with Crippen molar-refractivity contribution in [1.29, 1.82) is 0 Å². The molecule has 0 aromatic heterocycles. The van der Waals surface area contributed by atoms with Crippen molar-refractivity contribution in [3.63, 3.8) is 0 Å². The van der Waals surface area contributed by atoms with Gasteiger partial charge in [0.15, 0.2) is 22.4 Å². The first-order chi connectivity index (χ1) is 14.4. The number of rotatable bonds is 6. The first-order valence-corrected chi connectivity index (χ1v) is 10.0. The van der Waals surface area contributed by atoms with Crippen molar-refractivity contribution in [2.45, 2.75) is 26.8 Å². The molecular formula is C23H24N2O4S. The summed E-state index contributed by atoms with van der Waals surface area (Å²) in [6, 6.07) is 13.5. The van der Waals surface area contributed by atoms with Gasteiger partial charge >= 0.3 is 5.97 Å². The number of benzene rings is 2. The summed E-state index contributed by atoms with van der Waals surface area (Å²) in [6.07, 6.45) is 0. The third kappa shape index (κ3) is 4.21. The normalized spacial score (nSPS) is 16.2. The Morgan fingerprint density at radius 1 is 1.13 bits per heavy atom. The lowest BCUT2D eigenvalue weighted by Crippen LogP contribution is -2.47. The summed E-state index contributed by atoms with van der Waals surface area (Å²) in [6.45, 7) is 6.09. The summed E-state index contributed by atoms with van der Waals surface area (Å²) in [7, 11) is 1.50. The number of thiocarbonyl (C=S) groups is 1. The molecule has 2 aromatic carbocycles. The molecule has 3 rings (SSSR count). The largest absolute Gasteiger partial charge is 0.493 e. The van der Waals surface area contributed by atoms with Crippen molar-refractivity contribution in [2.24, 2.45) is 0 Å². The van der Waals surface area contributed by atoms with E-state index in [4.69, 9.17) is 21.7 Å². The number of methoxy groups -OCH3 is 1. The van der Waals surface area contributed by atoms with E-state index in [1.165, 1.54) is 7.11 Å². The van der Waals surface area contributed by atoms with Crippen LogP contribution in [0.25, 0.3) is 0 Å². The highest BCUT2D eigenvalue weighted by Gasteiger charge is 2.32. The topological polar surface area (TPSA) is 67.9 Å². The van der Waals surface area contributed by atoms with Gasteiger partial charge < -0.3 is 19.7 Å². The van der Waals surface area contributed by atoms with Gasteiger partial charge in [-0.25, -0.2) is 4.79 Å². The van der Waals surface area contributed by atoms with Gasteiger partial charge in [-0.2, -0.15) is 0 Å². The zero-order valence-electron chi connectivity index (χ0n) is 17.4. The molecule has 30 heavy (non-hydrogen) atoms. The van der Waals surface area contributed by atoms with Crippen LogP contribution >= 0.6 is 12.2 Å². The fourth-order valence-electron chi connectivity index (χ4n) is 3.55. The van der Waals surface area contributed by atoms with Gasteiger partial charge in [0.2, 0.25) is 0 Å². The van der Waals surface area contributed by atoms with Crippen LogP contribution in [0.2, 0.25) is 0 Å². The van der Waals surface area contributed by atoms with Crippen molar-refractivity contribution >= 4 is 29.1 Å². The Kier molecular flexibility index (Phi) is 6.52. The maximum absolute atomic E-state index is 12.4. The molecule has 0 saturated carbocycles. The highest BCUT2D eigenvalue weighted by atomic mass is 32.1. The van der Waals surface area contributed by atoms with Crippen LogP contribution in [0.5, 0.6) is 11.5 Å². The fourth-order valence-corrected chi connectivity index (χ4v) is 3.93. The Balaban J connectivity index is 1.95. The van der Waals surface area contributed by atoms with Crippen LogP contribution in [0, 0.1) is 0 Å². The Morgan fingerprint density at radius 3 is 2.43 bits per heavy atom. The van der Waals surface area contributed by atoms with Crippen LogP contribution in [0.1, 0.15) is 42.7 Å². The van der Waals surface area contributed by atoms with Crippen molar-refractivity contribution < 1.29 is 19.1 Å². The number of nitrogens with one attached hydrogen (secondary N) is 1. The lowest BCUT2D eigenvalue weighted by molar-refractivity contribution is -0.114. The summed E-state index contributed by atoms with van der Waals surface area (Å²) < 4.78 is 11.0. The van der Waals surface area contributed by atoms with Gasteiger partial charge in [-0.1, -0.05) is 24.3 Å². The number of nitrogens with zero attached hydrogens (tertiary/aromatic N) is 1. The Labute approximate surface area is 181 Å². The molecule has 156 valence electrons. The molecule has 1 aliphatic heterocycles. The Hall–Kier alpha value is -3.19. The quantitative estimate of drug-likeness (QED) is 0.427. The van der Waals surface area contributed by atoms with E-state index in [-0.39, 0.29) is 5.78 Å². The van der Waals surface area contributed by atoms with E-state index in [1.54, 1.807) is 49.4 Å². The minimum atomic E-state index is -0.475. The van der Waals surface area contributed by atoms with E-state index in [0.29, 0.717) is 34.3 Å². The molecule has 2 aromatic rings. The molecule has 7 heteroatoms. The lowest BCUT2D eigenvalue weighted by atomic mass is 9.92. The van der Waals surface area contributed by atoms with E-state index in [1.807, 2.05) is 24.8 Å². The number of carbonyl (C=O) groups is 2. The maximum atomic E-state index is 12.4. The van der Waals surface area contributed by atoms with Crippen molar-refractivity contribution in [1.82, 2.24) is 10.2 Å². The van der Waals surface area contributed by atoms with Crippen molar-refractivity contribution in [3.8, 4) is 11.5 Å². The molecule has 1 atom stereocenters. The molecule has 0 spiro atoms. The molecule has 0 fully saturated rings. The molecule has 0 amide bonds. The predicted octanol–water partition coefficient (Wildman–Crippen LogP) is 4.03. The predicted molar refractivity (Wildman–Crippen MR) is 119 cm³/mol. The molecular weight excluding hydrogens is 400 g/mol. The van der Waals surface area contributed by atoms with Gasteiger partial charge in [0.1, 0.15) is 0 Å². The monoisotopic (exact) mass is 424 g/mol. The van der Waals surface area contributed by atoms with Crippen LogP contribution in [0.15, 0.2) is 59.8 Å². The molecule has 0 saturated heterocycles. The lowest BCUT2D eigenvalue weighted by Gasteiger charge is -2.37. The van der Waals surface area contributed by atoms with Gasteiger partial charge in [0.05, 0.1) is 18.7 Å². The third-order valence-electron chi connectivity index (χ3n) is 5.02. The molecule has 0 bridgehead atoms. The summed E-state index contributed by atoms with van der Waals surface area (Å²) in [5, 5.41) is 3.81. The number of esters is 1. The van der Waals surface area contributed by atoms with Crippen molar-refractivity contribution in [3.05, 3.63) is 70.9 Å². The second-order valence-corrected chi connectivity index (χ2v) is 7.23. The number of allylic oxidation sites excluding steroid dienone is 1. The standard InChI is InChI=1S/C23H24N2O4S/c1-5-25-14(2)20(15(3)26)21(24-23(25)30)17-11-12-18(19(13-17)28-4)29-22(27)16-9-7-6-8-10-16/h6-13,21H,5H2,1-4H3,(H,24,30). The number of hydrogen-bond donors (Lipinski definition) is 1. The number of carbonyl (C=O) groups excluding carboxylic acids is 2. The molecule has 1 N–H and O–H groups in total. The second kappa shape index (κ2) is 9.09. The van der Waals surface area contributed by atoms with Gasteiger partial charge in [0.25, 0.3) is 0 Å². The van der Waals surface area contributed by atoms with Gasteiger partial charge in [-0.3, -0.25) is 4.79 Å². The minimum Gasteiger partial charge on any atom is -0.493 e. The SMILES string of the molecule is CCN1C(=S)NC(c2ccc(OC(=O)c3ccccc3)c(OC)c2)C(C(C)=O)=C1C. The maximum Gasteiger partial charge on any atom is 0.343 e. The van der Waals surface area contributed by atoms with Crippen LogP contribution < -0.4 is 14.8 Å². The summed E-state index contributed by atoms with van der Waals surface area (Å²) >= 11 is 5.49. The van der Waals surface area contributed by atoms with E-state index < -0.39 is 12.0 Å². The first-order valence-electron chi connectivity index (χ1n) is 9.62. The zero-order chi connectivity index (χ0) is 21.8. The number of ether oxygens (including phenoxy) is 2. The Morgan fingerprint density at radius 2 is 1.83 bits per heavy atom. The fraction of sp³-hybridized carbons (Fsp3) is 0.261. The molecule has 1 unspecified atom stereocenters. The first kappa shape index (κ1) is 21.5. The molecule has 6 nitrogen and oxygen atoms in total. The van der Waals surface area contributed by atoms with Gasteiger partial charge in [0, 0.05) is 17.8 Å². The summed E-state index contributed by atoms with van der Waals surface area (Å²) in [5.41, 5.74) is 2.70. The van der Waals surface area contributed by atoms with E-state index >= 15 is 0 Å². The zero-order valence-corrected chi connectivity index (χ0v) is 18.2. The number of Topliss-reactive ketones (excluding diaryl/α,β-unsaturated/α-hetero) is 1. The highest BCUT2D eigenvalue weighted by molar-refractivity contribution is 7.80. The van der Waals surface area contributed by atoms with Gasteiger partial charge in [-0.15, -0.1) is 0 Å². The molecule has 0 radical (unpaired) electrons. The summed E-state index contributed by atoms with van der Waals surface area (Å²) in [4.78, 5) is 26.7. The third-order valence-corrected chi connectivity index (χ3v) is 5.36.